The maximum Gasteiger partial charge on any atom is 0.257 e. The van der Waals surface area contributed by atoms with Gasteiger partial charge in [0.2, 0.25) is 0 Å². The predicted molar refractivity (Wildman–Crippen MR) is 143 cm³/mol. The SMILES string of the molecule is CCCN(c1nc(C(C)C)ccc1-c1nc(OC)c(NC(CC)CC)nc1CC)N1CCOCC1. The van der Waals surface area contributed by atoms with Crippen LogP contribution in [0.5, 0.6) is 5.88 Å². The maximum atomic E-state index is 5.73. The van der Waals surface area contributed by atoms with Crippen LogP contribution in [0.2, 0.25) is 0 Å². The number of morpholine rings is 1. The minimum atomic E-state index is 0.328. The van der Waals surface area contributed by atoms with Gasteiger partial charge in [0.05, 0.1) is 31.7 Å². The molecule has 0 spiro atoms. The van der Waals surface area contributed by atoms with Gasteiger partial charge in [0.15, 0.2) is 11.6 Å². The topological polar surface area (TPSA) is 75.6 Å². The Labute approximate surface area is 211 Å². The van der Waals surface area contributed by atoms with E-state index >= 15 is 0 Å². The number of pyridine rings is 1. The minimum absolute atomic E-state index is 0.328. The highest BCUT2D eigenvalue weighted by atomic mass is 16.5. The van der Waals surface area contributed by atoms with Crippen LogP contribution in [-0.2, 0) is 11.2 Å². The number of nitrogens with zero attached hydrogens (tertiary/aromatic N) is 5. The summed E-state index contributed by atoms with van der Waals surface area (Å²) in [5, 5.41) is 8.23. The molecular weight excluding hydrogens is 440 g/mol. The monoisotopic (exact) mass is 484 g/mol. The van der Waals surface area contributed by atoms with Gasteiger partial charge in [-0.3, -0.25) is 5.01 Å². The zero-order valence-corrected chi connectivity index (χ0v) is 22.7. The molecule has 1 aliphatic heterocycles. The molecule has 0 amide bonds. The fourth-order valence-electron chi connectivity index (χ4n) is 4.39. The van der Waals surface area contributed by atoms with E-state index in [9.17, 15) is 0 Å². The number of ether oxygens (including phenoxy) is 2. The normalized spacial score (nSPS) is 14.5. The summed E-state index contributed by atoms with van der Waals surface area (Å²) < 4.78 is 11.4. The fourth-order valence-corrected chi connectivity index (χ4v) is 4.39. The second-order valence-electron chi connectivity index (χ2n) is 9.34. The molecule has 2 aromatic heterocycles. The number of hydrazine groups is 1. The lowest BCUT2D eigenvalue weighted by Gasteiger charge is -2.39. The second kappa shape index (κ2) is 13.0. The lowest BCUT2D eigenvalue weighted by Crippen LogP contribution is -2.50. The van der Waals surface area contributed by atoms with Gasteiger partial charge in [-0.2, -0.15) is 0 Å². The highest BCUT2D eigenvalue weighted by Gasteiger charge is 2.26. The lowest BCUT2D eigenvalue weighted by molar-refractivity contribution is 0.0313. The van der Waals surface area contributed by atoms with Crippen molar-refractivity contribution in [2.75, 3.05) is 50.3 Å². The zero-order valence-electron chi connectivity index (χ0n) is 22.7. The van der Waals surface area contributed by atoms with Gasteiger partial charge in [0, 0.05) is 36.9 Å². The van der Waals surface area contributed by atoms with Gasteiger partial charge in [-0.1, -0.05) is 41.5 Å². The number of hydrogen-bond acceptors (Lipinski definition) is 8. The Morgan fingerprint density at radius 1 is 1.06 bits per heavy atom. The van der Waals surface area contributed by atoms with E-state index in [2.05, 4.69) is 69.0 Å². The van der Waals surface area contributed by atoms with Crippen LogP contribution in [0.3, 0.4) is 0 Å². The highest BCUT2D eigenvalue weighted by molar-refractivity contribution is 5.76. The number of nitrogens with one attached hydrogen (secondary N) is 1. The van der Waals surface area contributed by atoms with Crippen LogP contribution in [0.15, 0.2) is 12.1 Å². The second-order valence-corrected chi connectivity index (χ2v) is 9.34. The molecule has 0 atom stereocenters. The van der Waals surface area contributed by atoms with E-state index in [4.69, 9.17) is 24.4 Å². The zero-order chi connectivity index (χ0) is 25.4. The summed E-state index contributed by atoms with van der Waals surface area (Å²) >= 11 is 0. The van der Waals surface area contributed by atoms with Crippen LogP contribution in [-0.4, -0.2) is 66.0 Å². The van der Waals surface area contributed by atoms with E-state index in [0.717, 1.165) is 87.0 Å². The molecule has 0 saturated carbocycles. The van der Waals surface area contributed by atoms with Crippen LogP contribution in [0.25, 0.3) is 11.3 Å². The van der Waals surface area contributed by atoms with Gasteiger partial charge in [0.25, 0.3) is 5.88 Å². The molecule has 1 aliphatic rings. The van der Waals surface area contributed by atoms with Gasteiger partial charge in [-0.25, -0.2) is 20.0 Å². The maximum absolute atomic E-state index is 5.73. The van der Waals surface area contributed by atoms with E-state index < -0.39 is 0 Å². The van der Waals surface area contributed by atoms with Gasteiger partial charge in [-0.15, -0.1) is 0 Å². The van der Waals surface area contributed by atoms with Crippen LogP contribution >= 0.6 is 0 Å². The van der Waals surface area contributed by atoms with E-state index in [0.29, 0.717) is 23.7 Å². The van der Waals surface area contributed by atoms with Crippen molar-refractivity contribution in [2.24, 2.45) is 0 Å². The molecule has 194 valence electrons. The summed E-state index contributed by atoms with van der Waals surface area (Å²) in [5.41, 5.74) is 3.85. The van der Waals surface area contributed by atoms with Crippen molar-refractivity contribution in [1.82, 2.24) is 20.0 Å². The van der Waals surface area contributed by atoms with Crippen molar-refractivity contribution in [1.29, 1.82) is 0 Å². The Hall–Kier alpha value is -2.45. The van der Waals surface area contributed by atoms with Crippen molar-refractivity contribution >= 4 is 11.6 Å². The third-order valence-corrected chi connectivity index (χ3v) is 6.54. The first kappa shape index (κ1) is 27.1. The number of aromatic nitrogens is 3. The third kappa shape index (κ3) is 6.41. The molecule has 0 radical (unpaired) electrons. The van der Waals surface area contributed by atoms with E-state index in [-0.39, 0.29) is 0 Å². The van der Waals surface area contributed by atoms with Gasteiger partial charge in [0.1, 0.15) is 0 Å². The fraction of sp³-hybridized carbons (Fsp3) is 0.667. The molecule has 35 heavy (non-hydrogen) atoms. The van der Waals surface area contributed by atoms with Gasteiger partial charge in [-0.05, 0) is 43.7 Å². The Balaban J connectivity index is 2.17. The van der Waals surface area contributed by atoms with Crippen molar-refractivity contribution in [3.8, 4) is 17.1 Å². The third-order valence-electron chi connectivity index (χ3n) is 6.54. The van der Waals surface area contributed by atoms with Crippen LogP contribution in [0.4, 0.5) is 11.6 Å². The summed E-state index contributed by atoms with van der Waals surface area (Å²) in [6.45, 7) is 17.1. The Bertz CT molecular complexity index is 942. The summed E-state index contributed by atoms with van der Waals surface area (Å²) in [4.78, 5) is 15.2. The molecule has 1 fully saturated rings. The molecule has 2 aromatic rings. The number of anilines is 2. The standard InChI is InChI=1S/C27H44N6O2/c1-8-14-33(32-15-17-35-18-16-32)26-21(12-13-23(30-26)19(5)6)24-22(11-4)29-25(27(31-24)34-7)28-20(9-2)10-3/h12-13,19-20H,8-11,14-18H2,1-7H3,(H,28,29). The van der Waals surface area contributed by atoms with E-state index in [1.54, 1.807) is 7.11 Å². The van der Waals surface area contributed by atoms with E-state index in [1.165, 1.54) is 0 Å². The average Bonchev–Trinajstić information content (AvgIpc) is 2.90. The summed E-state index contributed by atoms with van der Waals surface area (Å²) in [6, 6.07) is 4.62. The molecule has 8 heteroatoms. The lowest BCUT2D eigenvalue weighted by atomic mass is 10.0. The highest BCUT2D eigenvalue weighted by Crippen LogP contribution is 2.36. The molecule has 3 heterocycles. The Morgan fingerprint density at radius 2 is 1.77 bits per heavy atom. The number of aryl methyl sites for hydroxylation is 1. The summed E-state index contributed by atoms with van der Waals surface area (Å²) in [6.07, 6.45) is 3.81. The number of hydrogen-bond donors (Lipinski definition) is 1. The van der Waals surface area contributed by atoms with Crippen molar-refractivity contribution in [3.63, 3.8) is 0 Å². The van der Waals surface area contributed by atoms with Crippen molar-refractivity contribution in [3.05, 3.63) is 23.5 Å². The quantitative estimate of drug-likeness (QED) is 0.435. The Kier molecular flexibility index (Phi) is 10.1. The van der Waals surface area contributed by atoms with Gasteiger partial charge >= 0.3 is 0 Å². The van der Waals surface area contributed by atoms with Crippen LogP contribution < -0.4 is 15.1 Å². The van der Waals surface area contributed by atoms with Crippen LogP contribution in [0.1, 0.15) is 78.1 Å². The molecular formula is C27H44N6O2. The van der Waals surface area contributed by atoms with E-state index in [1.807, 2.05) is 0 Å². The Morgan fingerprint density at radius 3 is 2.34 bits per heavy atom. The molecule has 1 N–H and O–H groups in total. The first-order chi connectivity index (χ1) is 17.0. The van der Waals surface area contributed by atoms with Crippen molar-refractivity contribution in [2.45, 2.75) is 79.2 Å². The summed E-state index contributed by atoms with van der Waals surface area (Å²) in [5.74, 6) is 2.51. The molecule has 0 aromatic carbocycles. The largest absolute Gasteiger partial charge is 0.478 e. The molecule has 8 nitrogen and oxygen atoms in total. The predicted octanol–water partition coefficient (Wildman–Crippen LogP) is 5.30. The smallest absolute Gasteiger partial charge is 0.257 e. The first-order valence-corrected chi connectivity index (χ1v) is 13.3. The van der Waals surface area contributed by atoms with Crippen LogP contribution in [0, 0.1) is 0 Å². The summed E-state index contributed by atoms with van der Waals surface area (Å²) in [7, 11) is 1.66. The van der Waals surface area contributed by atoms with Crippen molar-refractivity contribution < 1.29 is 9.47 Å². The molecule has 3 rings (SSSR count). The molecule has 0 unspecified atom stereocenters. The average molecular weight is 485 g/mol. The molecule has 0 aliphatic carbocycles. The molecule has 0 bridgehead atoms. The number of rotatable bonds is 12. The minimum Gasteiger partial charge on any atom is -0.478 e. The molecule has 1 saturated heterocycles. The number of methoxy groups -OCH3 is 1. The first-order valence-electron chi connectivity index (χ1n) is 13.3. The van der Waals surface area contributed by atoms with Gasteiger partial charge < -0.3 is 14.8 Å².